The number of nitriles is 1. The average Bonchev–Trinajstić information content (AvgIpc) is 2.52. The third kappa shape index (κ3) is 3.67. The highest BCUT2D eigenvalue weighted by Crippen LogP contribution is 2.18. The van der Waals surface area contributed by atoms with Crippen LogP contribution in [-0.4, -0.2) is 22.4 Å². The van der Waals surface area contributed by atoms with Crippen LogP contribution in [0.3, 0.4) is 0 Å². The molecule has 6 heteroatoms. The van der Waals surface area contributed by atoms with Gasteiger partial charge in [-0.1, -0.05) is 18.2 Å². The maximum atomic E-state index is 12.0. The van der Waals surface area contributed by atoms with Crippen LogP contribution in [0, 0.1) is 18.3 Å². The number of hydrogen-bond acceptors (Lipinski definition) is 5. The highest BCUT2D eigenvalue weighted by molar-refractivity contribution is 5.92. The van der Waals surface area contributed by atoms with Gasteiger partial charge in [-0.25, -0.2) is 9.97 Å². The molecule has 2 N–H and O–H groups in total. The van der Waals surface area contributed by atoms with Crippen molar-refractivity contribution in [2.75, 3.05) is 11.9 Å². The SMILES string of the molecule is C=CCNC(=O)c1cc(C)nc(Nc2ccccc2C#N)n1. The molecule has 0 saturated heterocycles. The van der Waals surface area contributed by atoms with Crippen LogP contribution in [0.4, 0.5) is 11.6 Å². The van der Waals surface area contributed by atoms with Crippen molar-refractivity contribution in [3.8, 4) is 6.07 Å². The van der Waals surface area contributed by atoms with Crippen molar-refractivity contribution in [1.29, 1.82) is 5.26 Å². The summed E-state index contributed by atoms with van der Waals surface area (Å²) >= 11 is 0. The zero-order chi connectivity index (χ0) is 15.9. The Kier molecular flexibility index (Phi) is 4.83. The molecule has 0 saturated carbocycles. The summed E-state index contributed by atoms with van der Waals surface area (Å²) in [7, 11) is 0. The zero-order valence-electron chi connectivity index (χ0n) is 12.1. The third-order valence-corrected chi connectivity index (χ3v) is 2.79. The van der Waals surface area contributed by atoms with Gasteiger partial charge in [-0.3, -0.25) is 4.79 Å². The number of amides is 1. The van der Waals surface area contributed by atoms with Gasteiger partial charge in [0, 0.05) is 12.2 Å². The van der Waals surface area contributed by atoms with Gasteiger partial charge in [0.2, 0.25) is 5.95 Å². The van der Waals surface area contributed by atoms with Gasteiger partial charge in [0.05, 0.1) is 11.3 Å². The second kappa shape index (κ2) is 6.99. The molecule has 22 heavy (non-hydrogen) atoms. The smallest absolute Gasteiger partial charge is 0.270 e. The summed E-state index contributed by atoms with van der Waals surface area (Å²) in [4.78, 5) is 20.4. The number of aromatic nitrogens is 2. The molecule has 0 radical (unpaired) electrons. The van der Waals surface area contributed by atoms with E-state index in [1.54, 1.807) is 43.3 Å². The minimum absolute atomic E-state index is 0.256. The maximum Gasteiger partial charge on any atom is 0.270 e. The van der Waals surface area contributed by atoms with Crippen molar-refractivity contribution < 1.29 is 4.79 Å². The average molecular weight is 293 g/mol. The topological polar surface area (TPSA) is 90.7 Å². The number of aryl methyl sites for hydroxylation is 1. The standard InChI is InChI=1S/C16H15N5O/c1-3-8-18-15(22)14-9-11(2)19-16(21-14)20-13-7-5-4-6-12(13)10-17/h3-7,9H,1,8H2,2H3,(H,18,22)(H,19,20,21). The molecule has 0 aliphatic carbocycles. The molecule has 0 aliphatic heterocycles. The Morgan fingerprint density at radius 2 is 2.18 bits per heavy atom. The van der Waals surface area contributed by atoms with Gasteiger partial charge >= 0.3 is 0 Å². The first-order chi connectivity index (χ1) is 10.6. The highest BCUT2D eigenvalue weighted by atomic mass is 16.1. The summed E-state index contributed by atoms with van der Waals surface area (Å²) in [6.07, 6.45) is 1.59. The minimum Gasteiger partial charge on any atom is -0.347 e. The minimum atomic E-state index is -0.304. The number of carbonyl (C=O) groups excluding carboxylic acids is 1. The summed E-state index contributed by atoms with van der Waals surface area (Å²) in [6.45, 7) is 5.68. The Labute approximate surface area is 128 Å². The monoisotopic (exact) mass is 293 g/mol. The van der Waals surface area contributed by atoms with Crippen LogP contribution in [0.1, 0.15) is 21.7 Å². The third-order valence-electron chi connectivity index (χ3n) is 2.79. The Morgan fingerprint density at radius 1 is 1.41 bits per heavy atom. The Morgan fingerprint density at radius 3 is 2.91 bits per heavy atom. The van der Waals surface area contributed by atoms with E-state index in [9.17, 15) is 4.79 Å². The molecule has 0 spiro atoms. The molecule has 2 aromatic rings. The normalized spacial score (nSPS) is 9.64. The van der Waals surface area contributed by atoms with E-state index >= 15 is 0 Å². The van der Waals surface area contributed by atoms with Crippen molar-refractivity contribution in [3.63, 3.8) is 0 Å². The quantitative estimate of drug-likeness (QED) is 0.825. The molecular weight excluding hydrogens is 278 g/mol. The first-order valence-corrected chi connectivity index (χ1v) is 6.65. The van der Waals surface area contributed by atoms with Crippen molar-refractivity contribution in [2.45, 2.75) is 6.92 Å². The molecule has 0 unspecified atom stereocenters. The fourth-order valence-electron chi connectivity index (χ4n) is 1.81. The van der Waals surface area contributed by atoms with Crippen LogP contribution >= 0.6 is 0 Å². The summed E-state index contributed by atoms with van der Waals surface area (Å²) < 4.78 is 0. The fourth-order valence-corrected chi connectivity index (χ4v) is 1.81. The largest absolute Gasteiger partial charge is 0.347 e. The van der Waals surface area contributed by atoms with E-state index in [0.29, 0.717) is 23.5 Å². The number of anilines is 2. The second-order valence-electron chi connectivity index (χ2n) is 4.50. The lowest BCUT2D eigenvalue weighted by Crippen LogP contribution is -2.24. The lowest BCUT2D eigenvalue weighted by Gasteiger charge is -2.09. The molecule has 1 aromatic heterocycles. The first kappa shape index (κ1) is 15.2. The lowest BCUT2D eigenvalue weighted by atomic mass is 10.2. The van der Waals surface area contributed by atoms with E-state index in [1.807, 2.05) is 0 Å². The van der Waals surface area contributed by atoms with Crippen LogP contribution in [0.2, 0.25) is 0 Å². The molecule has 2 rings (SSSR count). The van der Waals surface area contributed by atoms with E-state index in [0.717, 1.165) is 0 Å². The number of rotatable bonds is 5. The van der Waals surface area contributed by atoms with Gasteiger partial charge < -0.3 is 10.6 Å². The molecule has 1 aromatic carbocycles. The van der Waals surface area contributed by atoms with Crippen LogP contribution in [0.25, 0.3) is 0 Å². The molecule has 0 atom stereocenters. The molecule has 0 fully saturated rings. The van der Waals surface area contributed by atoms with E-state index in [4.69, 9.17) is 5.26 Å². The second-order valence-corrected chi connectivity index (χ2v) is 4.50. The van der Waals surface area contributed by atoms with Crippen LogP contribution < -0.4 is 10.6 Å². The molecule has 1 amide bonds. The number of nitrogens with zero attached hydrogens (tertiary/aromatic N) is 3. The Hall–Kier alpha value is -3.20. The van der Waals surface area contributed by atoms with Gasteiger partial charge in [0.25, 0.3) is 5.91 Å². The first-order valence-electron chi connectivity index (χ1n) is 6.65. The van der Waals surface area contributed by atoms with E-state index in [-0.39, 0.29) is 17.5 Å². The van der Waals surface area contributed by atoms with Crippen molar-refractivity contribution in [3.05, 3.63) is 59.9 Å². The number of nitrogens with one attached hydrogen (secondary N) is 2. The Bertz CT molecular complexity index is 748. The van der Waals surface area contributed by atoms with Gasteiger partial charge in [-0.2, -0.15) is 5.26 Å². The molecule has 0 bridgehead atoms. The van der Waals surface area contributed by atoms with Crippen LogP contribution in [0.5, 0.6) is 0 Å². The van der Waals surface area contributed by atoms with Crippen molar-refractivity contribution in [2.24, 2.45) is 0 Å². The van der Waals surface area contributed by atoms with Gasteiger partial charge in [-0.05, 0) is 25.1 Å². The number of hydrogen-bond donors (Lipinski definition) is 2. The van der Waals surface area contributed by atoms with E-state index in [2.05, 4.69) is 33.2 Å². The van der Waals surface area contributed by atoms with Crippen molar-refractivity contribution >= 4 is 17.5 Å². The molecule has 110 valence electrons. The maximum absolute atomic E-state index is 12.0. The van der Waals surface area contributed by atoms with E-state index < -0.39 is 0 Å². The zero-order valence-corrected chi connectivity index (χ0v) is 12.1. The molecule has 6 nitrogen and oxygen atoms in total. The number of para-hydroxylation sites is 1. The van der Waals surface area contributed by atoms with E-state index in [1.165, 1.54) is 0 Å². The van der Waals surface area contributed by atoms with Crippen LogP contribution in [0.15, 0.2) is 43.0 Å². The summed E-state index contributed by atoms with van der Waals surface area (Å²) in [6, 6.07) is 10.7. The highest BCUT2D eigenvalue weighted by Gasteiger charge is 2.11. The molecule has 1 heterocycles. The van der Waals surface area contributed by atoms with Crippen molar-refractivity contribution in [1.82, 2.24) is 15.3 Å². The lowest BCUT2D eigenvalue weighted by molar-refractivity contribution is 0.0953. The summed E-state index contributed by atoms with van der Waals surface area (Å²) in [5, 5.41) is 14.7. The number of benzene rings is 1. The molecule has 0 aliphatic rings. The van der Waals surface area contributed by atoms with Crippen LogP contribution in [-0.2, 0) is 0 Å². The van der Waals surface area contributed by atoms with Gasteiger partial charge in [0.1, 0.15) is 11.8 Å². The number of carbonyl (C=O) groups is 1. The Balaban J connectivity index is 2.28. The van der Waals surface area contributed by atoms with Gasteiger partial charge in [-0.15, -0.1) is 6.58 Å². The fraction of sp³-hybridized carbons (Fsp3) is 0.125. The summed E-state index contributed by atoms with van der Waals surface area (Å²) in [5.41, 5.74) is 1.97. The summed E-state index contributed by atoms with van der Waals surface area (Å²) in [5.74, 6) is -0.0338. The predicted molar refractivity (Wildman–Crippen MR) is 83.7 cm³/mol. The molecular formula is C16H15N5O. The predicted octanol–water partition coefficient (Wildman–Crippen LogP) is 2.32. The van der Waals surface area contributed by atoms with Gasteiger partial charge in [0.15, 0.2) is 0 Å².